The molecule has 0 spiro atoms. The minimum Gasteiger partial charge on any atom is -0.462 e. The maximum absolute atomic E-state index is 9.36. The van der Waals surface area contributed by atoms with Crippen molar-refractivity contribution in [2.75, 3.05) is 13.2 Å². The summed E-state index contributed by atoms with van der Waals surface area (Å²) in [6, 6.07) is 3.82. The molecule has 0 bridgehead atoms. The summed E-state index contributed by atoms with van der Waals surface area (Å²) in [5.74, 6) is 0.834. The zero-order chi connectivity index (χ0) is 15.3. The van der Waals surface area contributed by atoms with Crippen LogP contribution in [0.4, 0.5) is 0 Å². The second-order valence-corrected chi connectivity index (χ2v) is 7.12. The Labute approximate surface area is 135 Å². The SMILES string of the molecule is OCCC1(CNCc2csc(-c3ccco3)n2)CCCCC1. The van der Waals surface area contributed by atoms with Gasteiger partial charge in [0, 0.05) is 25.1 Å². The summed E-state index contributed by atoms with van der Waals surface area (Å²) in [4.78, 5) is 4.62. The highest BCUT2D eigenvalue weighted by molar-refractivity contribution is 7.13. The van der Waals surface area contributed by atoms with Crippen molar-refractivity contribution in [1.82, 2.24) is 10.3 Å². The van der Waals surface area contributed by atoms with E-state index in [1.807, 2.05) is 12.1 Å². The first-order valence-electron chi connectivity index (χ1n) is 8.11. The number of hydrogen-bond acceptors (Lipinski definition) is 5. The topological polar surface area (TPSA) is 58.3 Å². The molecule has 120 valence electrons. The summed E-state index contributed by atoms with van der Waals surface area (Å²) in [7, 11) is 0. The number of thiazole rings is 1. The van der Waals surface area contributed by atoms with Gasteiger partial charge in [0.1, 0.15) is 0 Å². The van der Waals surface area contributed by atoms with Gasteiger partial charge in [0.15, 0.2) is 10.8 Å². The Morgan fingerprint density at radius 1 is 1.32 bits per heavy atom. The van der Waals surface area contributed by atoms with Crippen molar-refractivity contribution < 1.29 is 9.52 Å². The molecule has 2 aromatic heterocycles. The molecule has 3 rings (SSSR count). The van der Waals surface area contributed by atoms with Crippen LogP contribution >= 0.6 is 11.3 Å². The smallest absolute Gasteiger partial charge is 0.162 e. The third kappa shape index (κ3) is 3.77. The van der Waals surface area contributed by atoms with E-state index in [2.05, 4.69) is 15.7 Å². The number of rotatable bonds is 7. The highest BCUT2D eigenvalue weighted by Gasteiger charge is 2.30. The molecule has 0 aliphatic heterocycles. The second-order valence-electron chi connectivity index (χ2n) is 6.26. The van der Waals surface area contributed by atoms with Crippen LogP contribution in [0, 0.1) is 5.41 Å². The summed E-state index contributed by atoms with van der Waals surface area (Å²) in [6.07, 6.45) is 8.98. The molecular weight excluding hydrogens is 296 g/mol. The molecule has 2 aromatic rings. The van der Waals surface area contributed by atoms with Crippen LogP contribution in [0.5, 0.6) is 0 Å². The van der Waals surface area contributed by atoms with Gasteiger partial charge in [-0.2, -0.15) is 0 Å². The number of aliphatic hydroxyl groups excluding tert-OH is 1. The van der Waals surface area contributed by atoms with Crippen molar-refractivity contribution in [3.8, 4) is 10.8 Å². The first kappa shape index (κ1) is 15.7. The van der Waals surface area contributed by atoms with Crippen molar-refractivity contribution in [3.63, 3.8) is 0 Å². The van der Waals surface area contributed by atoms with Crippen molar-refractivity contribution in [2.24, 2.45) is 5.41 Å². The largest absolute Gasteiger partial charge is 0.462 e. The summed E-state index contributed by atoms with van der Waals surface area (Å²) in [5.41, 5.74) is 1.35. The first-order valence-corrected chi connectivity index (χ1v) is 8.99. The van der Waals surface area contributed by atoms with Gasteiger partial charge in [0.25, 0.3) is 0 Å². The van der Waals surface area contributed by atoms with E-state index >= 15 is 0 Å². The third-order valence-corrected chi connectivity index (χ3v) is 5.55. The molecule has 1 aliphatic rings. The molecule has 0 saturated heterocycles. The van der Waals surface area contributed by atoms with E-state index in [0.29, 0.717) is 6.61 Å². The van der Waals surface area contributed by atoms with Gasteiger partial charge in [-0.3, -0.25) is 0 Å². The van der Waals surface area contributed by atoms with Crippen LogP contribution in [-0.2, 0) is 6.54 Å². The Bertz CT molecular complexity index is 553. The molecule has 2 N–H and O–H groups in total. The fourth-order valence-electron chi connectivity index (χ4n) is 3.41. The summed E-state index contributed by atoms with van der Waals surface area (Å²) >= 11 is 1.62. The maximum atomic E-state index is 9.36. The number of nitrogens with one attached hydrogen (secondary N) is 1. The molecule has 5 heteroatoms. The first-order chi connectivity index (χ1) is 10.8. The predicted octanol–water partition coefficient (Wildman–Crippen LogP) is 3.83. The predicted molar refractivity (Wildman–Crippen MR) is 88.7 cm³/mol. The molecule has 0 atom stereocenters. The number of hydrogen-bond donors (Lipinski definition) is 2. The third-order valence-electron chi connectivity index (χ3n) is 4.65. The fraction of sp³-hybridized carbons (Fsp3) is 0.588. The zero-order valence-corrected chi connectivity index (χ0v) is 13.7. The van der Waals surface area contributed by atoms with Crippen LogP contribution in [-0.4, -0.2) is 23.2 Å². The van der Waals surface area contributed by atoms with E-state index in [0.717, 1.165) is 36.0 Å². The van der Waals surface area contributed by atoms with Gasteiger partial charge in [-0.1, -0.05) is 19.3 Å². The van der Waals surface area contributed by atoms with Crippen molar-refractivity contribution >= 4 is 11.3 Å². The van der Waals surface area contributed by atoms with E-state index < -0.39 is 0 Å². The molecule has 0 radical (unpaired) electrons. The lowest BCUT2D eigenvalue weighted by atomic mass is 9.72. The summed E-state index contributed by atoms with van der Waals surface area (Å²) < 4.78 is 5.38. The number of nitrogens with zero attached hydrogens (tertiary/aromatic N) is 1. The van der Waals surface area contributed by atoms with E-state index in [1.54, 1.807) is 17.6 Å². The standard InChI is InChI=1S/C17H24N2O2S/c20-9-8-17(6-2-1-3-7-17)13-18-11-14-12-22-16(19-14)15-5-4-10-21-15/h4-5,10,12,18,20H,1-3,6-9,11,13H2. The normalized spacial score (nSPS) is 17.7. The van der Waals surface area contributed by atoms with Crippen LogP contribution in [0.1, 0.15) is 44.2 Å². The van der Waals surface area contributed by atoms with Gasteiger partial charge in [-0.15, -0.1) is 11.3 Å². The second kappa shape index (κ2) is 7.40. The van der Waals surface area contributed by atoms with E-state index in [9.17, 15) is 5.11 Å². The summed E-state index contributed by atoms with van der Waals surface area (Å²) in [5, 5.41) is 15.9. The van der Waals surface area contributed by atoms with Crippen molar-refractivity contribution in [1.29, 1.82) is 0 Å². The van der Waals surface area contributed by atoms with Crippen molar-refractivity contribution in [3.05, 3.63) is 29.5 Å². The Balaban J connectivity index is 1.53. The van der Waals surface area contributed by atoms with Crippen LogP contribution in [0.2, 0.25) is 0 Å². The lowest BCUT2D eigenvalue weighted by molar-refractivity contribution is 0.126. The van der Waals surface area contributed by atoms with Gasteiger partial charge in [0.2, 0.25) is 0 Å². The molecular formula is C17H24N2O2S. The molecule has 0 amide bonds. The van der Waals surface area contributed by atoms with Gasteiger partial charge in [-0.05, 0) is 36.8 Å². The quantitative estimate of drug-likeness (QED) is 0.814. The maximum Gasteiger partial charge on any atom is 0.162 e. The van der Waals surface area contributed by atoms with Gasteiger partial charge in [0.05, 0.1) is 12.0 Å². The average molecular weight is 320 g/mol. The highest BCUT2D eigenvalue weighted by Crippen LogP contribution is 2.38. The Morgan fingerprint density at radius 3 is 2.91 bits per heavy atom. The molecule has 22 heavy (non-hydrogen) atoms. The molecule has 1 saturated carbocycles. The molecule has 1 aliphatic carbocycles. The minimum atomic E-state index is 0.285. The molecule has 1 fully saturated rings. The average Bonchev–Trinajstić information content (AvgIpc) is 3.19. The molecule has 0 unspecified atom stereocenters. The summed E-state index contributed by atoms with van der Waals surface area (Å²) in [6.45, 7) is 2.05. The number of aliphatic hydroxyl groups is 1. The van der Waals surface area contributed by atoms with Gasteiger partial charge < -0.3 is 14.8 Å². The minimum absolute atomic E-state index is 0.285. The molecule has 0 aromatic carbocycles. The van der Waals surface area contributed by atoms with Crippen LogP contribution in [0.25, 0.3) is 10.8 Å². The fourth-order valence-corrected chi connectivity index (χ4v) is 4.20. The Morgan fingerprint density at radius 2 is 2.18 bits per heavy atom. The Hall–Kier alpha value is -1.17. The van der Waals surface area contributed by atoms with E-state index in [4.69, 9.17) is 4.42 Å². The lowest BCUT2D eigenvalue weighted by Gasteiger charge is -2.37. The van der Waals surface area contributed by atoms with Crippen LogP contribution in [0.3, 0.4) is 0 Å². The highest BCUT2D eigenvalue weighted by atomic mass is 32.1. The van der Waals surface area contributed by atoms with Gasteiger partial charge >= 0.3 is 0 Å². The lowest BCUT2D eigenvalue weighted by Crippen LogP contribution is -2.36. The monoisotopic (exact) mass is 320 g/mol. The van der Waals surface area contributed by atoms with E-state index in [-0.39, 0.29) is 5.41 Å². The zero-order valence-electron chi connectivity index (χ0n) is 12.9. The van der Waals surface area contributed by atoms with Crippen LogP contribution < -0.4 is 5.32 Å². The number of furan rings is 1. The van der Waals surface area contributed by atoms with Gasteiger partial charge in [-0.25, -0.2) is 4.98 Å². The van der Waals surface area contributed by atoms with Crippen molar-refractivity contribution in [2.45, 2.75) is 45.1 Å². The number of aromatic nitrogens is 1. The van der Waals surface area contributed by atoms with E-state index in [1.165, 1.54) is 32.1 Å². The molecule has 2 heterocycles. The van der Waals surface area contributed by atoms with Crippen LogP contribution in [0.15, 0.2) is 28.2 Å². The molecule has 4 nitrogen and oxygen atoms in total. The Kier molecular flexibility index (Phi) is 5.28.